The molecule has 0 atom stereocenters. The summed E-state index contributed by atoms with van der Waals surface area (Å²) >= 11 is 0. The Labute approximate surface area is 166 Å². The largest absolute Gasteiger partial charge is 0.349 e. The summed E-state index contributed by atoms with van der Waals surface area (Å²) in [5.41, 5.74) is 4.28. The number of benzene rings is 1. The summed E-state index contributed by atoms with van der Waals surface area (Å²) in [7, 11) is 1.87. The topological polar surface area (TPSA) is 79.3 Å². The second-order valence-corrected chi connectivity index (χ2v) is 7.56. The van der Waals surface area contributed by atoms with E-state index in [1.165, 1.54) is 0 Å². The SMILES string of the molecule is Cc1ccccc1C(=O)NC1CCN(CC(=O)Nc2c(C)nn(C)c2C)CC1. The summed E-state index contributed by atoms with van der Waals surface area (Å²) in [6.07, 6.45) is 1.69. The lowest BCUT2D eigenvalue weighted by Crippen LogP contribution is -2.46. The van der Waals surface area contributed by atoms with E-state index in [9.17, 15) is 9.59 Å². The molecule has 0 radical (unpaired) electrons. The lowest BCUT2D eigenvalue weighted by molar-refractivity contribution is -0.117. The van der Waals surface area contributed by atoms with Gasteiger partial charge in [-0.2, -0.15) is 5.10 Å². The first-order valence-electron chi connectivity index (χ1n) is 9.74. The van der Waals surface area contributed by atoms with Gasteiger partial charge in [-0.1, -0.05) is 18.2 Å². The van der Waals surface area contributed by atoms with Gasteiger partial charge in [0, 0.05) is 31.7 Å². The second-order valence-electron chi connectivity index (χ2n) is 7.56. The van der Waals surface area contributed by atoms with Crippen molar-refractivity contribution in [3.8, 4) is 0 Å². The minimum Gasteiger partial charge on any atom is -0.349 e. The quantitative estimate of drug-likeness (QED) is 0.829. The molecule has 2 amide bonds. The number of hydrogen-bond donors (Lipinski definition) is 2. The molecule has 0 bridgehead atoms. The molecular weight excluding hydrogens is 354 g/mol. The molecule has 2 aromatic rings. The van der Waals surface area contributed by atoms with Crippen LogP contribution >= 0.6 is 0 Å². The smallest absolute Gasteiger partial charge is 0.251 e. The van der Waals surface area contributed by atoms with Gasteiger partial charge in [0.25, 0.3) is 5.91 Å². The van der Waals surface area contributed by atoms with Crippen molar-refractivity contribution >= 4 is 17.5 Å². The molecule has 3 rings (SSSR count). The highest BCUT2D eigenvalue weighted by molar-refractivity contribution is 5.95. The number of carbonyl (C=O) groups excluding carboxylic acids is 2. The molecule has 2 heterocycles. The third-order valence-electron chi connectivity index (χ3n) is 5.45. The zero-order valence-corrected chi connectivity index (χ0v) is 17.1. The number of anilines is 1. The van der Waals surface area contributed by atoms with Crippen LogP contribution in [0, 0.1) is 20.8 Å². The fraction of sp³-hybridized carbons (Fsp3) is 0.476. The van der Waals surface area contributed by atoms with E-state index in [0.29, 0.717) is 6.54 Å². The standard InChI is InChI=1S/C21H29N5O2/c1-14-7-5-6-8-18(14)21(28)22-17-9-11-26(12-10-17)13-19(27)23-20-15(2)24-25(4)16(20)3/h5-8,17H,9-13H2,1-4H3,(H,22,28)(H,23,27). The summed E-state index contributed by atoms with van der Waals surface area (Å²) in [6, 6.07) is 7.77. The molecule has 0 unspecified atom stereocenters. The molecule has 1 saturated heterocycles. The highest BCUT2D eigenvalue weighted by Crippen LogP contribution is 2.18. The Kier molecular flexibility index (Phi) is 6.14. The van der Waals surface area contributed by atoms with Gasteiger partial charge in [-0.25, -0.2) is 0 Å². The van der Waals surface area contributed by atoms with Crippen LogP contribution in [0.25, 0.3) is 0 Å². The number of carbonyl (C=O) groups is 2. The molecule has 7 nitrogen and oxygen atoms in total. The predicted octanol–water partition coefficient (Wildman–Crippen LogP) is 2.18. The number of aryl methyl sites for hydroxylation is 3. The number of amides is 2. The molecule has 1 aromatic carbocycles. The Morgan fingerprint density at radius 2 is 1.82 bits per heavy atom. The molecule has 1 aliphatic rings. The Hall–Kier alpha value is -2.67. The number of piperidine rings is 1. The minimum atomic E-state index is -0.0263. The monoisotopic (exact) mass is 383 g/mol. The fourth-order valence-corrected chi connectivity index (χ4v) is 3.66. The third kappa shape index (κ3) is 4.59. The van der Waals surface area contributed by atoms with Crippen LogP contribution in [0.5, 0.6) is 0 Å². The maximum Gasteiger partial charge on any atom is 0.251 e. The Balaban J connectivity index is 1.47. The average Bonchev–Trinajstić information content (AvgIpc) is 2.89. The van der Waals surface area contributed by atoms with Crippen LogP contribution in [-0.4, -0.2) is 52.2 Å². The van der Waals surface area contributed by atoms with Crippen molar-refractivity contribution in [2.45, 2.75) is 39.7 Å². The first-order chi connectivity index (χ1) is 13.3. The molecular formula is C21H29N5O2. The van der Waals surface area contributed by atoms with Gasteiger partial charge in [-0.05, 0) is 45.2 Å². The molecule has 0 spiro atoms. The van der Waals surface area contributed by atoms with E-state index in [1.807, 2.05) is 52.1 Å². The van der Waals surface area contributed by atoms with E-state index in [4.69, 9.17) is 0 Å². The molecule has 1 aliphatic heterocycles. The van der Waals surface area contributed by atoms with Gasteiger partial charge in [0.05, 0.1) is 23.6 Å². The van der Waals surface area contributed by atoms with Crippen LogP contribution in [0.1, 0.15) is 40.2 Å². The van der Waals surface area contributed by atoms with Gasteiger partial charge in [0.1, 0.15) is 0 Å². The molecule has 28 heavy (non-hydrogen) atoms. The van der Waals surface area contributed by atoms with E-state index in [0.717, 1.165) is 54.1 Å². The van der Waals surface area contributed by atoms with Crippen molar-refractivity contribution in [1.29, 1.82) is 0 Å². The van der Waals surface area contributed by atoms with Gasteiger partial charge >= 0.3 is 0 Å². The second kappa shape index (κ2) is 8.56. The first-order valence-corrected chi connectivity index (χ1v) is 9.74. The van der Waals surface area contributed by atoms with E-state index in [1.54, 1.807) is 4.68 Å². The number of nitrogens with zero attached hydrogens (tertiary/aromatic N) is 3. The minimum absolute atomic E-state index is 0.0168. The number of nitrogens with one attached hydrogen (secondary N) is 2. The zero-order chi connectivity index (χ0) is 20.3. The average molecular weight is 383 g/mol. The van der Waals surface area contributed by atoms with Crippen molar-refractivity contribution in [3.63, 3.8) is 0 Å². The molecule has 7 heteroatoms. The highest BCUT2D eigenvalue weighted by Gasteiger charge is 2.23. The summed E-state index contributed by atoms with van der Waals surface area (Å²) in [4.78, 5) is 27.0. The summed E-state index contributed by atoms with van der Waals surface area (Å²) in [6.45, 7) is 7.71. The van der Waals surface area contributed by atoms with Crippen LogP contribution in [0.2, 0.25) is 0 Å². The molecule has 150 valence electrons. The van der Waals surface area contributed by atoms with Gasteiger partial charge in [-0.3, -0.25) is 19.2 Å². The molecule has 1 fully saturated rings. The van der Waals surface area contributed by atoms with Crippen LogP contribution in [0.3, 0.4) is 0 Å². The van der Waals surface area contributed by atoms with Gasteiger partial charge < -0.3 is 10.6 Å². The zero-order valence-electron chi connectivity index (χ0n) is 17.1. The fourth-order valence-electron chi connectivity index (χ4n) is 3.66. The Morgan fingerprint density at radius 1 is 1.14 bits per heavy atom. The van der Waals surface area contributed by atoms with Crippen molar-refractivity contribution < 1.29 is 9.59 Å². The molecule has 1 aromatic heterocycles. The Bertz CT molecular complexity index is 866. The first kappa shape index (κ1) is 20.1. The van der Waals surface area contributed by atoms with Gasteiger partial charge in [0.2, 0.25) is 5.91 Å². The lowest BCUT2D eigenvalue weighted by atomic mass is 10.0. The number of rotatable bonds is 5. The number of aromatic nitrogens is 2. The van der Waals surface area contributed by atoms with Crippen LogP contribution in [0.15, 0.2) is 24.3 Å². The summed E-state index contributed by atoms with van der Waals surface area (Å²) in [5, 5.41) is 10.4. The number of hydrogen-bond acceptors (Lipinski definition) is 4. The third-order valence-corrected chi connectivity index (χ3v) is 5.45. The molecule has 0 saturated carbocycles. The summed E-state index contributed by atoms with van der Waals surface area (Å²) < 4.78 is 1.77. The highest BCUT2D eigenvalue weighted by atomic mass is 16.2. The lowest BCUT2D eigenvalue weighted by Gasteiger charge is -2.32. The van der Waals surface area contributed by atoms with E-state index >= 15 is 0 Å². The van der Waals surface area contributed by atoms with Crippen LogP contribution in [0.4, 0.5) is 5.69 Å². The van der Waals surface area contributed by atoms with Gasteiger partial charge in [-0.15, -0.1) is 0 Å². The van der Waals surface area contributed by atoms with Crippen molar-refractivity contribution in [2.75, 3.05) is 25.0 Å². The van der Waals surface area contributed by atoms with E-state index in [2.05, 4.69) is 20.6 Å². The van der Waals surface area contributed by atoms with Crippen LogP contribution < -0.4 is 10.6 Å². The van der Waals surface area contributed by atoms with E-state index < -0.39 is 0 Å². The molecule has 2 N–H and O–H groups in total. The van der Waals surface area contributed by atoms with Crippen molar-refractivity contribution in [3.05, 3.63) is 46.8 Å². The van der Waals surface area contributed by atoms with E-state index in [-0.39, 0.29) is 17.9 Å². The summed E-state index contributed by atoms with van der Waals surface area (Å²) in [5.74, 6) is -0.0431. The molecule has 0 aliphatic carbocycles. The van der Waals surface area contributed by atoms with Crippen LogP contribution in [-0.2, 0) is 11.8 Å². The van der Waals surface area contributed by atoms with Crippen molar-refractivity contribution in [1.82, 2.24) is 20.0 Å². The Morgan fingerprint density at radius 3 is 2.43 bits per heavy atom. The maximum atomic E-state index is 12.5. The maximum absolute atomic E-state index is 12.5. The van der Waals surface area contributed by atoms with Gasteiger partial charge in [0.15, 0.2) is 0 Å². The normalized spacial score (nSPS) is 15.4. The van der Waals surface area contributed by atoms with Crippen molar-refractivity contribution in [2.24, 2.45) is 7.05 Å². The number of likely N-dealkylation sites (tertiary alicyclic amines) is 1. The predicted molar refractivity (Wildman–Crippen MR) is 109 cm³/mol.